The summed E-state index contributed by atoms with van der Waals surface area (Å²) in [6.45, 7) is 4.98. The van der Waals surface area contributed by atoms with Gasteiger partial charge in [-0.3, -0.25) is 9.48 Å². The third-order valence-electron chi connectivity index (χ3n) is 4.93. The van der Waals surface area contributed by atoms with Crippen molar-refractivity contribution in [2.24, 2.45) is 7.05 Å². The highest BCUT2D eigenvalue weighted by atomic mass is 79.9. The van der Waals surface area contributed by atoms with E-state index in [9.17, 15) is 4.79 Å². The van der Waals surface area contributed by atoms with Crippen molar-refractivity contribution in [1.82, 2.24) is 24.6 Å². The van der Waals surface area contributed by atoms with E-state index in [-0.39, 0.29) is 5.91 Å². The topological polar surface area (TPSA) is 67.2 Å². The molecule has 0 unspecified atom stereocenters. The summed E-state index contributed by atoms with van der Waals surface area (Å²) in [5, 5.41) is 5.23. The van der Waals surface area contributed by atoms with Crippen LogP contribution in [-0.2, 0) is 11.8 Å². The van der Waals surface area contributed by atoms with Crippen molar-refractivity contribution in [3.05, 3.63) is 40.8 Å². The molecule has 0 atom stereocenters. The minimum Gasteiger partial charge on any atom is -0.352 e. The van der Waals surface area contributed by atoms with Gasteiger partial charge >= 0.3 is 0 Å². The number of carbonyl (C=O) groups is 1. The van der Waals surface area contributed by atoms with Crippen molar-refractivity contribution >= 4 is 50.5 Å². The summed E-state index contributed by atoms with van der Waals surface area (Å²) in [5.41, 5.74) is 2.01. The van der Waals surface area contributed by atoms with Gasteiger partial charge in [0.25, 0.3) is 0 Å². The predicted octanol–water partition coefficient (Wildman–Crippen LogP) is 2.88. The summed E-state index contributed by atoms with van der Waals surface area (Å²) in [4.78, 5) is 26.7. The van der Waals surface area contributed by atoms with Gasteiger partial charge in [-0.1, -0.05) is 15.9 Å². The second kappa shape index (κ2) is 8.08. The number of thioether (sulfide) groups is 1. The van der Waals surface area contributed by atoms with Crippen LogP contribution >= 0.6 is 27.7 Å². The molecule has 0 radical (unpaired) electrons. The number of fused-ring (bicyclic) bond motifs is 1. The van der Waals surface area contributed by atoms with E-state index in [1.54, 1.807) is 29.0 Å². The number of halogens is 1. The van der Waals surface area contributed by atoms with E-state index in [1.807, 2.05) is 18.0 Å². The number of aryl methyl sites for hydroxylation is 2. The number of nitrogens with zero attached hydrogens (tertiary/aromatic N) is 6. The molecule has 9 heteroatoms. The lowest BCUT2D eigenvalue weighted by Gasteiger charge is -2.35. The molecular weight excluding hydrogens is 440 g/mol. The highest BCUT2D eigenvalue weighted by Gasteiger charge is 2.24. The Bertz CT molecular complexity index is 1010. The van der Waals surface area contributed by atoms with Gasteiger partial charge in [-0.2, -0.15) is 5.10 Å². The molecule has 3 aromatic rings. The molecule has 7 nitrogen and oxygen atoms in total. The zero-order valence-electron chi connectivity index (χ0n) is 15.8. The molecule has 1 fully saturated rings. The monoisotopic (exact) mass is 460 g/mol. The van der Waals surface area contributed by atoms with E-state index in [2.05, 4.69) is 55.0 Å². The lowest BCUT2D eigenvalue weighted by molar-refractivity contribution is -0.128. The van der Waals surface area contributed by atoms with Gasteiger partial charge in [0.15, 0.2) is 5.65 Å². The average Bonchev–Trinajstić information content (AvgIpc) is 3.08. The molecule has 1 aromatic carbocycles. The van der Waals surface area contributed by atoms with Crippen molar-refractivity contribution < 1.29 is 4.79 Å². The first-order valence-electron chi connectivity index (χ1n) is 9.07. The SMILES string of the molecule is Cc1cc(Br)ccc1SCC(=O)N1CCN(c2ncnc3c2cnn3C)CC1. The molecule has 4 rings (SSSR count). The Hall–Kier alpha value is -2.13. The van der Waals surface area contributed by atoms with E-state index in [1.165, 1.54) is 5.56 Å². The Morgan fingerprint density at radius 1 is 1.21 bits per heavy atom. The van der Waals surface area contributed by atoms with Gasteiger partial charge in [0.05, 0.1) is 17.3 Å². The number of amides is 1. The molecule has 1 aliphatic rings. The van der Waals surface area contributed by atoms with Crippen LogP contribution in [0.2, 0.25) is 0 Å². The lowest BCUT2D eigenvalue weighted by atomic mass is 10.2. The number of benzene rings is 1. The van der Waals surface area contributed by atoms with Crippen LogP contribution in [0, 0.1) is 6.92 Å². The molecule has 0 saturated carbocycles. The highest BCUT2D eigenvalue weighted by Crippen LogP contribution is 2.26. The molecule has 28 heavy (non-hydrogen) atoms. The van der Waals surface area contributed by atoms with Crippen molar-refractivity contribution in [3.63, 3.8) is 0 Å². The van der Waals surface area contributed by atoms with E-state index < -0.39 is 0 Å². The zero-order chi connectivity index (χ0) is 19.7. The predicted molar refractivity (Wildman–Crippen MR) is 115 cm³/mol. The summed E-state index contributed by atoms with van der Waals surface area (Å²) in [6, 6.07) is 6.15. The van der Waals surface area contributed by atoms with E-state index in [0.717, 1.165) is 39.3 Å². The molecule has 0 bridgehead atoms. The first-order valence-corrected chi connectivity index (χ1v) is 10.8. The van der Waals surface area contributed by atoms with Crippen molar-refractivity contribution in [2.75, 3.05) is 36.8 Å². The van der Waals surface area contributed by atoms with Crippen LogP contribution in [0.15, 0.2) is 40.1 Å². The van der Waals surface area contributed by atoms with Crippen LogP contribution in [0.5, 0.6) is 0 Å². The van der Waals surface area contributed by atoms with Crippen molar-refractivity contribution in [2.45, 2.75) is 11.8 Å². The second-order valence-electron chi connectivity index (χ2n) is 6.77. The van der Waals surface area contributed by atoms with Gasteiger partial charge in [-0.25, -0.2) is 9.97 Å². The molecule has 0 N–H and O–H groups in total. The summed E-state index contributed by atoms with van der Waals surface area (Å²) in [5.74, 6) is 1.54. The molecule has 3 heterocycles. The van der Waals surface area contributed by atoms with Crippen LogP contribution in [0.4, 0.5) is 5.82 Å². The molecule has 1 amide bonds. The molecule has 146 valence electrons. The Balaban J connectivity index is 1.36. The first kappa shape index (κ1) is 19.2. The zero-order valence-corrected chi connectivity index (χ0v) is 18.2. The number of carbonyl (C=O) groups excluding carboxylic acids is 1. The summed E-state index contributed by atoms with van der Waals surface area (Å²) >= 11 is 5.08. The maximum absolute atomic E-state index is 12.6. The quantitative estimate of drug-likeness (QED) is 0.557. The summed E-state index contributed by atoms with van der Waals surface area (Å²) < 4.78 is 2.81. The Morgan fingerprint density at radius 2 is 2.00 bits per heavy atom. The Labute approximate surface area is 176 Å². The van der Waals surface area contributed by atoms with Crippen molar-refractivity contribution in [3.8, 4) is 0 Å². The van der Waals surface area contributed by atoms with E-state index in [0.29, 0.717) is 18.8 Å². The highest BCUT2D eigenvalue weighted by molar-refractivity contribution is 9.10. The molecule has 0 aliphatic carbocycles. The molecular formula is C19H21BrN6OS. The largest absolute Gasteiger partial charge is 0.352 e. The fourth-order valence-electron chi connectivity index (χ4n) is 3.37. The van der Waals surface area contributed by atoms with Crippen LogP contribution in [-0.4, -0.2) is 62.5 Å². The molecule has 1 aliphatic heterocycles. The first-order chi connectivity index (χ1) is 13.5. The number of hydrogen-bond acceptors (Lipinski definition) is 6. The number of piperazine rings is 1. The molecule has 2 aromatic heterocycles. The lowest BCUT2D eigenvalue weighted by Crippen LogP contribution is -2.49. The van der Waals surface area contributed by atoms with Gasteiger partial charge in [0.2, 0.25) is 5.91 Å². The molecule has 1 saturated heterocycles. The number of hydrogen-bond donors (Lipinski definition) is 0. The van der Waals surface area contributed by atoms with Crippen LogP contribution in [0.25, 0.3) is 11.0 Å². The summed E-state index contributed by atoms with van der Waals surface area (Å²) in [7, 11) is 1.88. The molecule has 0 spiro atoms. The van der Waals surface area contributed by atoms with Gasteiger partial charge in [-0.05, 0) is 30.7 Å². The van der Waals surface area contributed by atoms with Gasteiger partial charge in [-0.15, -0.1) is 11.8 Å². The smallest absolute Gasteiger partial charge is 0.233 e. The van der Waals surface area contributed by atoms with Gasteiger partial charge in [0, 0.05) is 42.6 Å². The van der Waals surface area contributed by atoms with Crippen molar-refractivity contribution in [1.29, 1.82) is 0 Å². The minimum absolute atomic E-state index is 0.182. The maximum Gasteiger partial charge on any atom is 0.233 e. The fourth-order valence-corrected chi connectivity index (χ4v) is 4.76. The maximum atomic E-state index is 12.6. The third kappa shape index (κ3) is 3.86. The second-order valence-corrected chi connectivity index (χ2v) is 8.70. The normalized spacial score (nSPS) is 14.7. The van der Waals surface area contributed by atoms with Gasteiger partial charge in [0.1, 0.15) is 12.1 Å². The van der Waals surface area contributed by atoms with Crippen LogP contribution < -0.4 is 4.90 Å². The summed E-state index contributed by atoms with van der Waals surface area (Å²) in [6.07, 6.45) is 3.38. The van der Waals surface area contributed by atoms with E-state index in [4.69, 9.17) is 0 Å². The van der Waals surface area contributed by atoms with E-state index >= 15 is 0 Å². The number of anilines is 1. The van der Waals surface area contributed by atoms with Crippen LogP contribution in [0.1, 0.15) is 5.56 Å². The third-order valence-corrected chi connectivity index (χ3v) is 6.58. The average molecular weight is 461 g/mol. The standard InChI is InChI=1S/C19H21BrN6OS/c1-13-9-14(20)3-4-16(13)28-11-17(27)25-5-7-26(8-6-25)19-15-10-23-24(2)18(15)21-12-22-19/h3-4,9-10,12H,5-8,11H2,1-2H3. The van der Waals surface area contributed by atoms with Crippen LogP contribution in [0.3, 0.4) is 0 Å². The minimum atomic E-state index is 0.182. The Kier molecular flexibility index (Phi) is 5.54. The number of aromatic nitrogens is 4. The number of rotatable bonds is 4. The van der Waals surface area contributed by atoms with Gasteiger partial charge < -0.3 is 9.80 Å². The Morgan fingerprint density at radius 3 is 2.75 bits per heavy atom. The fraction of sp³-hybridized carbons (Fsp3) is 0.368.